The van der Waals surface area contributed by atoms with Crippen molar-refractivity contribution in [2.45, 2.75) is 6.61 Å². The molecule has 0 unspecified atom stereocenters. The molecule has 88 valence electrons. The normalized spacial score (nSPS) is 10.1. The van der Waals surface area contributed by atoms with Crippen molar-refractivity contribution in [1.29, 1.82) is 0 Å². The Morgan fingerprint density at radius 1 is 1.56 bits per heavy atom. The topological polar surface area (TPSA) is 60.5 Å². The van der Waals surface area contributed by atoms with Gasteiger partial charge in [0.1, 0.15) is 5.69 Å². The van der Waals surface area contributed by atoms with Gasteiger partial charge in [-0.15, -0.1) is 0 Å². The predicted molar refractivity (Wildman–Crippen MR) is 52.3 cm³/mol. The van der Waals surface area contributed by atoms with Crippen molar-refractivity contribution >= 4 is 22.7 Å². The number of amides is 1. The molecule has 0 fully saturated rings. The molecule has 0 radical (unpaired) electrons. The molecule has 0 bridgehead atoms. The van der Waals surface area contributed by atoms with Gasteiger partial charge in [0, 0.05) is 6.07 Å². The molecule has 0 aromatic carbocycles. The van der Waals surface area contributed by atoms with Gasteiger partial charge < -0.3 is 14.8 Å². The summed E-state index contributed by atoms with van der Waals surface area (Å²) in [5, 5.41) is 1.14. The highest BCUT2D eigenvalue weighted by Gasteiger charge is 2.14. The van der Waals surface area contributed by atoms with Crippen LogP contribution in [0.1, 0.15) is 0 Å². The molecule has 1 rings (SSSR count). The first-order chi connectivity index (χ1) is 7.52. The minimum Gasteiger partial charge on any atom is -0.481 e. The van der Waals surface area contributed by atoms with E-state index >= 15 is 0 Å². The summed E-state index contributed by atoms with van der Waals surface area (Å²) in [4.78, 5) is 14.1. The van der Waals surface area contributed by atoms with Crippen LogP contribution < -0.4 is 14.8 Å². The monoisotopic (exact) mass is 252 g/mol. The Morgan fingerprint density at radius 2 is 2.25 bits per heavy atom. The average molecular weight is 253 g/mol. The van der Waals surface area contributed by atoms with Crippen LogP contribution in [-0.2, 0) is 0 Å². The van der Waals surface area contributed by atoms with Crippen molar-refractivity contribution < 1.29 is 23.0 Å². The maximum Gasteiger partial charge on any atom is 0.388 e. The molecule has 1 amide bonds. The lowest BCUT2D eigenvalue weighted by Gasteiger charge is -2.10. The fourth-order valence-corrected chi connectivity index (χ4v) is 1.01. The fourth-order valence-electron chi connectivity index (χ4n) is 0.912. The van der Waals surface area contributed by atoms with E-state index in [1.807, 2.05) is 0 Å². The lowest BCUT2D eigenvalue weighted by molar-refractivity contribution is -0.0525. The van der Waals surface area contributed by atoms with Crippen molar-refractivity contribution in [3.05, 3.63) is 12.1 Å². The van der Waals surface area contributed by atoms with E-state index in [0.717, 1.165) is 0 Å². The van der Waals surface area contributed by atoms with Gasteiger partial charge in [-0.25, -0.2) is 0 Å². The minimum atomic E-state index is -3.06. The molecule has 0 aliphatic rings. The SMILES string of the molecule is COc1ccc(NC(=O)Cl)c(OC(F)F)n1. The van der Waals surface area contributed by atoms with Crippen LogP contribution in [0.3, 0.4) is 0 Å². The molecule has 1 N–H and O–H groups in total. The molecule has 16 heavy (non-hydrogen) atoms. The zero-order valence-corrected chi connectivity index (χ0v) is 8.79. The summed E-state index contributed by atoms with van der Waals surface area (Å²) in [6.07, 6.45) is 0. The van der Waals surface area contributed by atoms with Crippen molar-refractivity contribution in [2.75, 3.05) is 12.4 Å². The van der Waals surface area contributed by atoms with Crippen molar-refractivity contribution in [2.24, 2.45) is 0 Å². The molecule has 0 aliphatic carbocycles. The number of hydrogen-bond donors (Lipinski definition) is 1. The van der Waals surface area contributed by atoms with Crippen LogP contribution in [0.15, 0.2) is 12.1 Å². The minimum absolute atomic E-state index is 0.0684. The molecule has 1 heterocycles. The van der Waals surface area contributed by atoms with Crippen molar-refractivity contribution in [3.63, 3.8) is 0 Å². The largest absolute Gasteiger partial charge is 0.481 e. The number of aromatic nitrogens is 1. The second kappa shape index (κ2) is 5.45. The standard InChI is InChI=1S/C8H7ClF2N2O3/c1-15-5-3-2-4(12-7(9)14)6(13-5)16-8(10)11/h2-3,8H,1H3,(H,12,14). The molecule has 0 atom stereocenters. The quantitative estimate of drug-likeness (QED) is 0.660. The third-order valence-corrected chi connectivity index (χ3v) is 1.57. The predicted octanol–water partition coefficient (Wildman–Crippen LogP) is 2.46. The lowest BCUT2D eigenvalue weighted by atomic mass is 10.4. The maximum atomic E-state index is 12.0. The first-order valence-corrected chi connectivity index (χ1v) is 4.37. The number of alkyl halides is 2. The summed E-state index contributed by atoms with van der Waals surface area (Å²) in [6.45, 7) is -3.06. The molecule has 0 aliphatic heterocycles. The third-order valence-electron chi connectivity index (χ3n) is 1.48. The Hall–Kier alpha value is -1.63. The van der Waals surface area contributed by atoms with E-state index < -0.39 is 17.9 Å². The highest BCUT2D eigenvalue weighted by molar-refractivity contribution is 6.65. The summed E-state index contributed by atoms with van der Waals surface area (Å²) in [5.74, 6) is -0.397. The third kappa shape index (κ3) is 3.50. The van der Waals surface area contributed by atoms with Gasteiger partial charge in [0.05, 0.1) is 7.11 Å². The van der Waals surface area contributed by atoms with Crippen LogP contribution in [0, 0.1) is 0 Å². The first kappa shape index (κ1) is 12.4. The van der Waals surface area contributed by atoms with E-state index in [1.165, 1.54) is 19.2 Å². The number of methoxy groups -OCH3 is 1. The summed E-state index contributed by atoms with van der Waals surface area (Å²) in [7, 11) is 1.31. The highest BCUT2D eigenvalue weighted by Crippen LogP contribution is 2.26. The molecule has 1 aromatic rings. The average Bonchev–Trinajstić information content (AvgIpc) is 2.19. The Balaban J connectivity index is 3.00. The molecular formula is C8H7ClF2N2O3. The summed E-state index contributed by atoms with van der Waals surface area (Å²) < 4.78 is 32.9. The van der Waals surface area contributed by atoms with Gasteiger partial charge in [-0.05, 0) is 17.7 Å². The Bertz CT molecular complexity index is 390. The summed E-state index contributed by atoms with van der Waals surface area (Å²) >= 11 is 5.04. The van der Waals surface area contributed by atoms with Crippen LogP contribution in [0.25, 0.3) is 0 Å². The number of anilines is 1. The number of carbonyl (C=O) groups is 1. The smallest absolute Gasteiger partial charge is 0.388 e. The van der Waals surface area contributed by atoms with E-state index in [0.29, 0.717) is 0 Å². The number of halogens is 3. The number of nitrogens with zero attached hydrogens (tertiary/aromatic N) is 1. The Kier molecular flexibility index (Phi) is 4.24. The van der Waals surface area contributed by atoms with Crippen LogP contribution in [0.5, 0.6) is 11.8 Å². The van der Waals surface area contributed by atoms with Crippen LogP contribution in [0.4, 0.5) is 19.3 Å². The van der Waals surface area contributed by atoms with Gasteiger partial charge in [-0.3, -0.25) is 4.79 Å². The number of ether oxygens (including phenoxy) is 2. The van der Waals surface area contributed by atoms with Crippen LogP contribution in [0.2, 0.25) is 0 Å². The van der Waals surface area contributed by atoms with Gasteiger partial charge in [-0.2, -0.15) is 13.8 Å². The van der Waals surface area contributed by atoms with E-state index in [-0.39, 0.29) is 11.6 Å². The molecule has 8 heteroatoms. The van der Waals surface area contributed by atoms with E-state index in [4.69, 9.17) is 16.3 Å². The molecule has 0 saturated heterocycles. The second-order valence-corrected chi connectivity index (χ2v) is 2.83. The van der Waals surface area contributed by atoms with E-state index in [1.54, 1.807) is 0 Å². The molecular weight excluding hydrogens is 246 g/mol. The molecule has 0 saturated carbocycles. The number of nitrogens with one attached hydrogen (secondary N) is 1. The Labute approximate surface area is 94.3 Å². The van der Waals surface area contributed by atoms with Gasteiger partial charge in [0.2, 0.25) is 11.8 Å². The fraction of sp³-hybridized carbons (Fsp3) is 0.250. The molecule has 1 aromatic heterocycles. The van der Waals surface area contributed by atoms with Gasteiger partial charge in [-0.1, -0.05) is 0 Å². The van der Waals surface area contributed by atoms with Gasteiger partial charge in [0.25, 0.3) is 0 Å². The summed E-state index contributed by atoms with van der Waals surface area (Å²) in [6, 6.07) is 2.64. The van der Waals surface area contributed by atoms with E-state index in [2.05, 4.69) is 15.0 Å². The molecule has 0 spiro atoms. The zero-order valence-electron chi connectivity index (χ0n) is 8.04. The maximum absolute atomic E-state index is 12.0. The number of hydrogen-bond acceptors (Lipinski definition) is 4. The first-order valence-electron chi connectivity index (χ1n) is 3.99. The number of rotatable bonds is 4. The van der Waals surface area contributed by atoms with Crippen LogP contribution >= 0.6 is 11.6 Å². The highest BCUT2D eigenvalue weighted by atomic mass is 35.5. The second-order valence-electron chi connectivity index (χ2n) is 2.48. The van der Waals surface area contributed by atoms with Crippen molar-refractivity contribution in [1.82, 2.24) is 4.98 Å². The Morgan fingerprint density at radius 3 is 2.75 bits per heavy atom. The van der Waals surface area contributed by atoms with Gasteiger partial charge in [0.15, 0.2) is 0 Å². The zero-order chi connectivity index (χ0) is 12.1. The number of carbonyl (C=O) groups excluding carboxylic acids is 1. The molecule has 5 nitrogen and oxygen atoms in total. The summed E-state index contributed by atoms with van der Waals surface area (Å²) in [5.41, 5.74) is -0.0684. The van der Waals surface area contributed by atoms with Gasteiger partial charge >= 0.3 is 12.0 Å². The van der Waals surface area contributed by atoms with E-state index in [9.17, 15) is 13.6 Å². The van der Waals surface area contributed by atoms with Crippen molar-refractivity contribution in [3.8, 4) is 11.8 Å². The lowest BCUT2D eigenvalue weighted by Crippen LogP contribution is -2.09. The van der Waals surface area contributed by atoms with Crippen LogP contribution in [-0.4, -0.2) is 24.1 Å². The number of pyridine rings is 1.